The molecule has 0 spiro atoms. The lowest BCUT2D eigenvalue weighted by Gasteiger charge is -2.06. The van der Waals surface area contributed by atoms with Crippen molar-refractivity contribution in [1.29, 1.82) is 0 Å². The summed E-state index contributed by atoms with van der Waals surface area (Å²) < 4.78 is 5.63. The van der Waals surface area contributed by atoms with Gasteiger partial charge in [0.2, 0.25) is 5.01 Å². The third kappa shape index (κ3) is 3.88. The van der Waals surface area contributed by atoms with Crippen LogP contribution < -0.4 is 4.74 Å². The van der Waals surface area contributed by atoms with Crippen LogP contribution in [0.1, 0.15) is 15.5 Å². The van der Waals surface area contributed by atoms with Crippen LogP contribution in [0.4, 0.5) is 0 Å². The van der Waals surface area contributed by atoms with E-state index in [-0.39, 0.29) is 11.6 Å². The SMILES string of the molecule is O=C(O)c1nc(COc2ccc(-c3ccc(Cl)cc3)cc2)cs1. The van der Waals surface area contributed by atoms with Gasteiger partial charge in [-0.25, -0.2) is 9.78 Å². The van der Waals surface area contributed by atoms with E-state index in [2.05, 4.69) is 4.98 Å². The number of carbonyl (C=O) groups is 1. The molecule has 0 unspecified atom stereocenters. The van der Waals surface area contributed by atoms with E-state index in [4.69, 9.17) is 21.4 Å². The normalized spacial score (nSPS) is 10.5. The van der Waals surface area contributed by atoms with Gasteiger partial charge in [0, 0.05) is 10.4 Å². The number of hydrogen-bond acceptors (Lipinski definition) is 4. The molecule has 0 fully saturated rings. The Kier molecular flexibility index (Phi) is 4.60. The number of thiazole rings is 1. The average Bonchev–Trinajstić information content (AvgIpc) is 3.04. The van der Waals surface area contributed by atoms with Gasteiger partial charge in [0.05, 0.1) is 5.69 Å². The third-order valence-corrected chi connectivity index (χ3v) is 4.28. The molecular weight excluding hydrogens is 334 g/mol. The summed E-state index contributed by atoms with van der Waals surface area (Å²) in [4.78, 5) is 14.8. The molecule has 3 aromatic rings. The Bertz CT molecular complexity index is 813. The molecule has 3 rings (SSSR count). The van der Waals surface area contributed by atoms with Crippen LogP contribution in [0.5, 0.6) is 5.75 Å². The fraction of sp³-hybridized carbons (Fsp3) is 0.0588. The average molecular weight is 346 g/mol. The lowest BCUT2D eigenvalue weighted by atomic mass is 10.1. The molecule has 0 amide bonds. The van der Waals surface area contributed by atoms with Gasteiger partial charge in [-0.05, 0) is 35.4 Å². The Balaban J connectivity index is 1.65. The highest BCUT2D eigenvalue weighted by Crippen LogP contribution is 2.24. The number of rotatable bonds is 5. The zero-order valence-corrected chi connectivity index (χ0v) is 13.5. The largest absolute Gasteiger partial charge is 0.487 e. The first-order chi connectivity index (χ1) is 11.1. The van der Waals surface area contributed by atoms with Gasteiger partial charge >= 0.3 is 5.97 Å². The molecule has 2 aromatic carbocycles. The van der Waals surface area contributed by atoms with Crippen molar-refractivity contribution in [3.8, 4) is 16.9 Å². The van der Waals surface area contributed by atoms with Crippen LogP contribution >= 0.6 is 22.9 Å². The number of halogens is 1. The van der Waals surface area contributed by atoms with Crippen molar-refractivity contribution >= 4 is 28.9 Å². The maximum Gasteiger partial charge on any atom is 0.365 e. The molecule has 0 bridgehead atoms. The molecule has 0 aliphatic rings. The lowest BCUT2D eigenvalue weighted by molar-refractivity contribution is 0.0696. The van der Waals surface area contributed by atoms with E-state index in [1.807, 2.05) is 48.5 Å². The quantitative estimate of drug-likeness (QED) is 0.725. The smallest absolute Gasteiger partial charge is 0.365 e. The predicted molar refractivity (Wildman–Crippen MR) is 90.3 cm³/mol. The number of aromatic nitrogens is 1. The van der Waals surface area contributed by atoms with Gasteiger partial charge in [0.15, 0.2) is 0 Å². The molecule has 0 saturated carbocycles. The standard InChI is InChI=1S/C17H12ClNO3S/c18-13-5-1-11(2-6-13)12-3-7-15(8-4-12)22-9-14-10-23-16(19-14)17(20)21/h1-8,10H,9H2,(H,20,21). The number of hydrogen-bond donors (Lipinski definition) is 1. The molecule has 1 aromatic heterocycles. The van der Waals surface area contributed by atoms with E-state index in [1.54, 1.807) is 5.38 Å². The Morgan fingerprint density at radius 1 is 1.09 bits per heavy atom. The van der Waals surface area contributed by atoms with Crippen LogP contribution in [0.25, 0.3) is 11.1 Å². The first-order valence-electron chi connectivity index (χ1n) is 6.78. The van der Waals surface area contributed by atoms with Crippen LogP contribution in [0.3, 0.4) is 0 Å². The number of nitrogens with zero attached hydrogens (tertiary/aromatic N) is 1. The van der Waals surface area contributed by atoms with Crippen molar-refractivity contribution < 1.29 is 14.6 Å². The highest BCUT2D eigenvalue weighted by Gasteiger charge is 2.09. The summed E-state index contributed by atoms with van der Waals surface area (Å²) in [5.74, 6) is -0.318. The topological polar surface area (TPSA) is 59.4 Å². The fourth-order valence-corrected chi connectivity index (χ4v) is 2.78. The second kappa shape index (κ2) is 6.81. The molecule has 0 aliphatic heterocycles. The monoisotopic (exact) mass is 345 g/mol. The number of benzene rings is 2. The Labute approximate surface area is 142 Å². The van der Waals surface area contributed by atoms with Gasteiger partial charge in [-0.15, -0.1) is 11.3 Å². The molecule has 0 radical (unpaired) electrons. The Hall–Kier alpha value is -2.37. The summed E-state index contributed by atoms with van der Waals surface area (Å²) in [5.41, 5.74) is 2.75. The minimum atomic E-state index is -1.02. The van der Waals surface area contributed by atoms with Crippen LogP contribution in [-0.2, 0) is 6.61 Å². The predicted octanol–water partition coefficient (Wildman–Crippen LogP) is 4.74. The van der Waals surface area contributed by atoms with Crippen LogP contribution in [0.15, 0.2) is 53.9 Å². The van der Waals surface area contributed by atoms with E-state index in [9.17, 15) is 4.79 Å². The van der Waals surface area contributed by atoms with E-state index in [0.29, 0.717) is 16.5 Å². The van der Waals surface area contributed by atoms with Crippen LogP contribution in [0, 0.1) is 0 Å². The number of carboxylic acids is 1. The lowest BCUT2D eigenvalue weighted by Crippen LogP contribution is -1.99. The molecule has 4 nitrogen and oxygen atoms in total. The molecule has 0 saturated heterocycles. The number of aromatic carboxylic acids is 1. The molecule has 0 aliphatic carbocycles. The van der Waals surface area contributed by atoms with Crippen molar-refractivity contribution in [2.75, 3.05) is 0 Å². The number of ether oxygens (including phenoxy) is 1. The van der Waals surface area contributed by atoms with E-state index in [0.717, 1.165) is 22.5 Å². The molecule has 23 heavy (non-hydrogen) atoms. The third-order valence-electron chi connectivity index (χ3n) is 3.15. The summed E-state index contributed by atoms with van der Waals surface area (Å²) >= 11 is 6.98. The Morgan fingerprint density at radius 3 is 2.26 bits per heavy atom. The zero-order valence-electron chi connectivity index (χ0n) is 11.9. The zero-order chi connectivity index (χ0) is 16.2. The van der Waals surface area contributed by atoms with Gasteiger partial charge in [-0.3, -0.25) is 0 Å². The fourth-order valence-electron chi connectivity index (χ4n) is 2.01. The molecular formula is C17H12ClNO3S. The van der Waals surface area contributed by atoms with Gasteiger partial charge in [0.1, 0.15) is 12.4 Å². The first-order valence-corrected chi connectivity index (χ1v) is 8.04. The molecule has 6 heteroatoms. The van der Waals surface area contributed by atoms with Gasteiger partial charge in [-0.1, -0.05) is 35.9 Å². The van der Waals surface area contributed by atoms with Crippen molar-refractivity contribution in [3.05, 3.63) is 69.6 Å². The Morgan fingerprint density at radius 2 is 1.70 bits per heavy atom. The van der Waals surface area contributed by atoms with Crippen molar-refractivity contribution in [1.82, 2.24) is 4.98 Å². The molecule has 116 valence electrons. The highest BCUT2D eigenvalue weighted by atomic mass is 35.5. The van der Waals surface area contributed by atoms with Crippen molar-refractivity contribution in [3.63, 3.8) is 0 Å². The minimum Gasteiger partial charge on any atom is -0.487 e. The van der Waals surface area contributed by atoms with Crippen molar-refractivity contribution in [2.24, 2.45) is 0 Å². The summed E-state index contributed by atoms with van der Waals surface area (Å²) in [6, 6.07) is 15.3. The van der Waals surface area contributed by atoms with Gasteiger partial charge in [-0.2, -0.15) is 0 Å². The first kappa shape index (κ1) is 15.5. The van der Waals surface area contributed by atoms with Gasteiger partial charge < -0.3 is 9.84 Å². The van der Waals surface area contributed by atoms with E-state index < -0.39 is 5.97 Å². The molecule has 1 N–H and O–H groups in total. The maximum absolute atomic E-state index is 10.8. The molecule has 0 atom stereocenters. The minimum absolute atomic E-state index is 0.0710. The summed E-state index contributed by atoms with van der Waals surface area (Å²) in [6.45, 7) is 0.240. The summed E-state index contributed by atoms with van der Waals surface area (Å²) in [5, 5.41) is 11.3. The van der Waals surface area contributed by atoms with Gasteiger partial charge in [0.25, 0.3) is 0 Å². The van der Waals surface area contributed by atoms with E-state index in [1.165, 1.54) is 0 Å². The second-order valence-electron chi connectivity index (χ2n) is 4.77. The van der Waals surface area contributed by atoms with Crippen LogP contribution in [0.2, 0.25) is 5.02 Å². The number of carboxylic acid groups (broad SMARTS) is 1. The second-order valence-corrected chi connectivity index (χ2v) is 6.06. The van der Waals surface area contributed by atoms with Crippen molar-refractivity contribution in [2.45, 2.75) is 6.61 Å². The molecule has 1 heterocycles. The van der Waals surface area contributed by atoms with E-state index >= 15 is 0 Å². The highest BCUT2D eigenvalue weighted by molar-refractivity contribution is 7.11. The summed E-state index contributed by atoms with van der Waals surface area (Å²) in [6.07, 6.45) is 0. The van der Waals surface area contributed by atoms with Crippen LogP contribution in [-0.4, -0.2) is 16.1 Å². The summed E-state index contributed by atoms with van der Waals surface area (Å²) in [7, 11) is 0. The maximum atomic E-state index is 10.8.